The minimum atomic E-state index is 0.143. The molecule has 3 nitrogen and oxygen atoms in total. The van der Waals surface area contributed by atoms with Gasteiger partial charge in [-0.3, -0.25) is 4.79 Å². The molecule has 0 spiro atoms. The molecule has 4 heteroatoms. The van der Waals surface area contributed by atoms with Gasteiger partial charge in [-0.2, -0.15) is 0 Å². The van der Waals surface area contributed by atoms with Crippen LogP contribution in [0.3, 0.4) is 0 Å². The van der Waals surface area contributed by atoms with Crippen molar-refractivity contribution in [3.63, 3.8) is 0 Å². The number of hydrogen-bond donors (Lipinski definition) is 2. The zero-order valence-electron chi connectivity index (χ0n) is 14.6. The van der Waals surface area contributed by atoms with Gasteiger partial charge >= 0.3 is 0 Å². The predicted molar refractivity (Wildman–Crippen MR) is 110 cm³/mol. The van der Waals surface area contributed by atoms with Gasteiger partial charge in [0.25, 0.3) is 0 Å². The second kappa shape index (κ2) is 7.75. The molecule has 4 rings (SSSR count). The number of aromatic nitrogens is 1. The molecule has 2 heterocycles. The first kappa shape index (κ1) is 16.9. The first-order valence-corrected chi connectivity index (χ1v) is 9.96. The molecule has 0 bridgehead atoms. The molecule has 2 aromatic heterocycles. The van der Waals surface area contributed by atoms with Crippen LogP contribution in [0.25, 0.3) is 21.0 Å². The van der Waals surface area contributed by atoms with E-state index in [0.717, 1.165) is 24.8 Å². The third-order valence-electron chi connectivity index (χ3n) is 4.80. The topological polar surface area (TPSA) is 44.9 Å². The molecule has 0 aliphatic rings. The molecule has 0 fully saturated rings. The van der Waals surface area contributed by atoms with Crippen LogP contribution < -0.4 is 5.32 Å². The molecule has 1 amide bonds. The summed E-state index contributed by atoms with van der Waals surface area (Å²) < 4.78 is 1.31. The van der Waals surface area contributed by atoms with Crippen LogP contribution in [0.15, 0.2) is 60.1 Å². The molecule has 0 radical (unpaired) electrons. The fraction of sp³-hybridized carbons (Fsp3) is 0.227. The number of benzene rings is 2. The normalized spacial score (nSPS) is 11.2. The molecule has 0 saturated heterocycles. The van der Waals surface area contributed by atoms with E-state index >= 15 is 0 Å². The van der Waals surface area contributed by atoms with Gasteiger partial charge in [0.15, 0.2) is 0 Å². The number of carbonyl (C=O) groups is 1. The smallest absolute Gasteiger partial charge is 0.220 e. The van der Waals surface area contributed by atoms with Crippen LogP contribution in [0.5, 0.6) is 0 Å². The van der Waals surface area contributed by atoms with E-state index in [1.807, 2.05) is 6.07 Å². The van der Waals surface area contributed by atoms with Gasteiger partial charge in [0, 0.05) is 34.8 Å². The predicted octanol–water partition coefficient (Wildman–Crippen LogP) is 5.06. The molecule has 26 heavy (non-hydrogen) atoms. The maximum Gasteiger partial charge on any atom is 0.220 e. The van der Waals surface area contributed by atoms with Crippen LogP contribution >= 0.6 is 11.3 Å². The Kier molecular flexibility index (Phi) is 5.02. The number of aryl methyl sites for hydroxylation is 1. The molecule has 0 aliphatic heterocycles. The summed E-state index contributed by atoms with van der Waals surface area (Å²) in [6, 6.07) is 16.7. The number of carbonyl (C=O) groups excluding carboxylic acids is 1. The molecule has 4 aromatic rings. The van der Waals surface area contributed by atoms with Gasteiger partial charge in [-0.15, -0.1) is 11.3 Å². The number of H-pyrrole nitrogens is 1. The van der Waals surface area contributed by atoms with Crippen LogP contribution in [0, 0.1) is 0 Å². The Balaban J connectivity index is 1.23. The lowest BCUT2D eigenvalue weighted by molar-refractivity contribution is -0.121. The minimum Gasteiger partial charge on any atom is -0.361 e. The van der Waals surface area contributed by atoms with Crippen LogP contribution in [0.4, 0.5) is 0 Å². The summed E-state index contributed by atoms with van der Waals surface area (Å²) in [7, 11) is 0. The molecule has 0 unspecified atom stereocenters. The van der Waals surface area contributed by atoms with E-state index in [-0.39, 0.29) is 5.91 Å². The van der Waals surface area contributed by atoms with E-state index in [0.29, 0.717) is 13.0 Å². The fourth-order valence-corrected chi connectivity index (χ4v) is 4.43. The van der Waals surface area contributed by atoms with Crippen molar-refractivity contribution in [3.8, 4) is 0 Å². The van der Waals surface area contributed by atoms with Gasteiger partial charge in [0.1, 0.15) is 0 Å². The molecular formula is C22H22N2OS. The number of hydrogen-bond acceptors (Lipinski definition) is 2. The van der Waals surface area contributed by atoms with Gasteiger partial charge in [-0.05, 0) is 53.3 Å². The van der Waals surface area contributed by atoms with Crippen molar-refractivity contribution in [1.82, 2.24) is 10.3 Å². The summed E-state index contributed by atoms with van der Waals surface area (Å²) in [5.41, 5.74) is 3.78. The van der Waals surface area contributed by atoms with Crippen molar-refractivity contribution in [3.05, 3.63) is 71.2 Å². The Hall–Kier alpha value is -2.59. The van der Waals surface area contributed by atoms with E-state index in [1.165, 1.54) is 26.6 Å². The highest BCUT2D eigenvalue weighted by Gasteiger charge is 2.07. The van der Waals surface area contributed by atoms with E-state index in [4.69, 9.17) is 0 Å². The highest BCUT2D eigenvalue weighted by Crippen LogP contribution is 2.25. The first-order valence-electron chi connectivity index (χ1n) is 9.08. The largest absolute Gasteiger partial charge is 0.361 e. The summed E-state index contributed by atoms with van der Waals surface area (Å²) in [5.74, 6) is 0.143. The molecule has 2 N–H and O–H groups in total. The van der Waals surface area contributed by atoms with Crippen molar-refractivity contribution in [2.45, 2.75) is 25.7 Å². The van der Waals surface area contributed by atoms with Crippen LogP contribution in [-0.2, 0) is 17.6 Å². The highest BCUT2D eigenvalue weighted by molar-refractivity contribution is 7.17. The Morgan fingerprint density at radius 2 is 1.77 bits per heavy atom. The zero-order valence-corrected chi connectivity index (χ0v) is 15.4. The Labute approximate surface area is 157 Å². The minimum absolute atomic E-state index is 0.143. The monoisotopic (exact) mass is 362 g/mol. The number of rotatable bonds is 7. The van der Waals surface area contributed by atoms with Crippen molar-refractivity contribution < 1.29 is 4.79 Å². The standard InChI is InChI=1S/C22H22N2OS/c25-22(11-5-6-16-14-24-20-9-3-1-7-18(16)20)23-13-12-17-15-26-21-10-4-2-8-19(17)21/h1-4,7-10,14-15,24H,5-6,11-13H2,(H,23,25). The SMILES string of the molecule is O=C(CCCc1c[nH]c2ccccc12)NCCc1csc2ccccc12. The highest BCUT2D eigenvalue weighted by atomic mass is 32.1. The average molecular weight is 362 g/mol. The van der Waals surface area contributed by atoms with Crippen LogP contribution in [0.2, 0.25) is 0 Å². The van der Waals surface area contributed by atoms with Crippen LogP contribution in [-0.4, -0.2) is 17.4 Å². The first-order chi connectivity index (χ1) is 12.8. The summed E-state index contributed by atoms with van der Waals surface area (Å²) in [6.07, 6.45) is 5.31. The van der Waals surface area contributed by atoms with Gasteiger partial charge in [-0.25, -0.2) is 0 Å². The van der Waals surface area contributed by atoms with Crippen LogP contribution in [0.1, 0.15) is 24.0 Å². The molecule has 2 aromatic carbocycles. The number of thiophene rings is 1. The summed E-state index contributed by atoms with van der Waals surface area (Å²) in [6.45, 7) is 0.701. The summed E-state index contributed by atoms with van der Waals surface area (Å²) in [4.78, 5) is 15.4. The van der Waals surface area contributed by atoms with E-state index in [1.54, 1.807) is 11.3 Å². The van der Waals surface area contributed by atoms with Crippen molar-refractivity contribution in [2.75, 3.05) is 6.54 Å². The average Bonchev–Trinajstić information content (AvgIpc) is 3.27. The summed E-state index contributed by atoms with van der Waals surface area (Å²) in [5, 5.41) is 7.84. The maximum atomic E-state index is 12.1. The summed E-state index contributed by atoms with van der Waals surface area (Å²) >= 11 is 1.77. The van der Waals surface area contributed by atoms with Gasteiger partial charge in [0.2, 0.25) is 5.91 Å². The second-order valence-corrected chi connectivity index (χ2v) is 7.48. The van der Waals surface area contributed by atoms with E-state index < -0.39 is 0 Å². The maximum absolute atomic E-state index is 12.1. The van der Waals surface area contributed by atoms with Gasteiger partial charge in [-0.1, -0.05) is 36.4 Å². The number of fused-ring (bicyclic) bond motifs is 2. The van der Waals surface area contributed by atoms with Gasteiger partial charge in [0.05, 0.1) is 0 Å². The lowest BCUT2D eigenvalue weighted by atomic mass is 10.1. The lowest BCUT2D eigenvalue weighted by Crippen LogP contribution is -2.25. The number of amides is 1. The quantitative estimate of drug-likeness (QED) is 0.474. The Morgan fingerprint density at radius 3 is 2.69 bits per heavy atom. The molecule has 0 aliphatic carbocycles. The Morgan fingerprint density at radius 1 is 0.962 bits per heavy atom. The number of aromatic amines is 1. The third kappa shape index (κ3) is 3.65. The zero-order chi connectivity index (χ0) is 17.8. The van der Waals surface area contributed by atoms with E-state index in [2.05, 4.69) is 64.3 Å². The molecule has 0 atom stereocenters. The second-order valence-electron chi connectivity index (χ2n) is 6.57. The molecular weight excluding hydrogens is 340 g/mol. The van der Waals surface area contributed by atoms with Crippen molar-refractivity contribution in [2.24, 2.45) is 0 Å². The Bertz CT molecular complexity index is 949. The van der Waals surface area contributed by atoms with Gasteiger partial charge < -0.3 is 10.3 Å². The lowest BCUT2D eigenvalue weighted by Gasteiger charge is -2.05. The molecule has 132 valence electrons. The number of nitrogens with one attached hydrogen (secondary N) is 2. The fourth-order valence-electron chi connectivity index (χ4n) is 3.43. The molecule has 0 saturated carbocycles. The third-order valence-corrected chi connectivity index (χ3v) is 5.81. The number of para-hydroxylation sites is 1. The van der Waals surface area contributed by atoms with Crippen molar-refractivity contribution in [1.29, 1.82) is 0 Å². The van der Waals surface area contributed by atoms with Crippen molar-refractivity contribution >= 4 is 38.2 Å². The van der Waals surface area contributed by atoms with E-state index in [9.17, 15) is 4.79 Å².